The smallest absolute Gasteiger partial charge is 0.00696 e. The summed E-state index contributed by atoms with van der Waals surface area (Å²) in [5.41, 5.74) is 0. The van der Waals surface area contributed by atoms with Gasteiger partial charge in [0.2, 0.25) is 0 Å². The molecule has 0 aromatic rings. The largest absolute Gasteiger partial charge is 0.312 e. The number of rotatable bonds is 5. The van der Waals surface area contributed by atoms with Crippen LogP contribution < -0.4 is 5.32 Å². The van der Waals surface area contributed by atoms with Gasteiger partial charge in [0, 0.05) is 12.1 Å². The van der Waals surface area contributed by atoms with E-state index in [1.54, 1.807) is 0 Å². The van der Waals surface area contributed by atoms with Gasteiger partial charge in [0.15, 0.2) is 0 Å². The van der Waals surface area contributed by atoms with Crippen LogP contribution in [0.15, 0.2) is 0 Å². The summed E-state index contributed by atoms with van der Waals surface area (Å²) in [4.78, 5) is 0. The third-order valence-corrected chi connectivity index (χ3v) is 3.77. The van der Waals surface area contributed by atoms with Crippen LogP contribution in [0.1, 0.15) is 72.1 Å². The molecule has 3 unspecified atom stereocenters. The predicted molar refractivity (Wildman–Crippen MR) is 68.2 cm³/mol. The molecule has 1 fully saturated rings. The van der Waals surface area contributed by atoms with Crippen LogP contribution in [0.25, 0.3) is 0 Å². The maximum Gasteiger partial charge on any atom is 0.00696 e. The van der Waals surface area contributed by atoms with Crippen LogP contribution in [0.2, 0.25) is 0 Å². The van der Waals surface area contributed by atoms with Gasteiger partial charge in [0.05, 0.1) is 0 Å². The highest BCUT2D eigenvalue weighted by Crippen LogP contribution is 2.23. The summed E-state index contributed by atoms with van der Waals surface area (Å²) in [7, 11) is 0. The molecule has 0 heterocycles. The van der Waals surface area contributed by atoms with Crippen molar-refractivity contribution in [3.05, 3.63) is 0 Å². The minimum atomic E-state index is 0.725. The van der Waals surface area contributed by atoms with Crippen molar-refractivity contribution in [2.24, 2.45) is 5.92 Å². The quantitative estimate of drug-likeness (QED) is 0.674. The Balaban J connectivity index is 2.18. The fraction of sp³-hybridized carbons (Fsp3) is 1.00. The second-order valence-corrected chi connectivity index (χ2v) is 5.52. The van der Waals surface area contributed by atoms with Crippen LogP contribution in [0.3, 0.4) is 0 Å². The fourth-order valence-electron chi connectivity index (χ4n) is 2.65. The minimum Gasteiger partial charge on any atom is -0.312 e. The summed E-state index contributed by atoms with van der Waals surface area (Å²) in [6, 6.07) is 1.53. The van der Waals surface area contributed by atoms with Crippen LogP contribution in [-0.2, 0) is 0 Å². The lowest BCUT2D eigenvalue weighted by atomic mass is 10.0. The lowest BCUT2D eigenvalue weighted by Gasteiger charge is -2.22. The predicted octanol–water partition coefficient (Wildman–Crippen LogP) is 4.12. The van der Waals surface area contributed by atoms with Gasteiger partial charge in [-0.1, -0.05) is 39.5 Å². The first-order chi connectivity index (χ1) is 7.22. The molecule has 90 valence electrons. The molecule has 1 rings (SSSR count). The second kappa shape index (κ2) is 7.27. The molecule has 1 saturated carbocycles. The molecule has 1 aliphatic carbocycles. The van der Waals surface area contributed by atoms with Crippen LogP contribution >= 0.6 is 0 Å². The number of hydrogen-bond donors (Lipinski definition) is 1. The molecule has 15 heavy (non-hydrogen) atoms. The zero-order chi connectivity index (χ0) is 11.1. The molecular weight excluding hydrogens is 182 g/mol. The Morgan fingerprint density at radius 2 is 2.00 bits per heavy atom. The van der Waals surface area contributed by atoms with Crippen molar-refractivity contribution in [2.75, 3.05) is 0 Å². The molecule has 1 nitrogen and oxygen atoms in total. The van der Waals surface area contributed by atoms with E-state index in [4.69, 9.17) is 0 Å². The monoisotopic (exact) mass is 211 g/mol. The first-order valence-corrected chi connectivity index (χ1v) is 6.98. The average molecular weight is 211 g/mol. The zero-order valence-corrected chi connectivity index (χ0v) is 10.9. The molecule has 3 atom stereocenters. The number of unbranched alkanes of at least 4 members (excludes halogenated alkanes) is 1. The highest BCUT2D eigenvalue weighted by molar-refractivity contribution is 4.76. The SMILES string of the molecule is CCCCC(C)NC1CCCC(C)CC1. The van der Waals surface area contributed by atoms with Crippen LogP contribution in [-0.4, -0.2) is 12.1 Å². The van der Waals surface area contributed by atoms with E-state index in [-0.39, 0.29) is 0 Å². The topological polar surface area (TPSA) is 12.0 Å². The Labute approximate surface area is 96.0 Å². The van der Waals surface area contributed by atoms with Gasteiger partial charge in [-0.15, -0.1) is 0 Å². The molecule has 0 saturated heterocycles. The van der Waals surface area contributed by atoms with Crippen molar-refractivity contribution in [2.45, 2.75) is 84.2 Å². The lowest BCUT2D eigenvalue weighted by molar-refractivity contribution is 0.384. The van der Waals surface area contributed by atoms with Gasteiger partial charge in [-0.05, 0) is 38.5 Å². The lowest BCUT2D eigenvalue weighted by Crippen LogP contribution is -2.36. The molecule has 1 heteroatoms. The highest BCUT2D eigenvalue weighted by atomic mass is 14.9. The third-order valence-electron chi connectivity index (χ3n) is 3.77. The van der Waals surface area contributed by atoms with Gasteiger partial charge < -0.3 is 5.32 Å². The van der Waals surface area contributed by atoms with Crippen molar-refractivity contribution in [3.63, 3.8) is 0 Å². The molecule has 0 aliphatic heterocycles. The Kier molecular flexibility index (Phi) is 6.31. The van der Waals surface area contributed by atoms with E-state index in [0.717, 1.165) is 18.0 Å². The Morgan fingerprint density at radius 1 is 1.20 bits per heavy atom. The molecule has 0 radical (unpaired) electrons. The van der Waals surface area contributed by atoms with Gasteiger partial charge in [-0.3, -0.25) is 0 Å². The first kappa shape index (κ1) is 13.0. The van der Waals surface area contributed by atoms with E-state index in [9.17, 15) is 0 Å². The van der Waals surface area contributed by atoms with Crippen LogP contribution in [0.4, 0.5) is 0 Å². The normalized spacial score (nSPS) is 29.8. The second-order valence-electron chi connectivity index (χ2n) is 5.52. The standard InChI is InChI=1S/C14H29N/c1-4-5-8-13(3)15-14-9-6-7-12(2)10-11-14/h12-15H,4-11H2,1-3H3. The first-order valence-electron chi connectivity index (χ1n) is 6.98. The van der Waals surface area contributed by atoms with Crippen molar-refractivity contribution < 1.29 is 0 Å². The molecule has 0 aromatic carbocycles. The maximum absolute atomic E-state index is 3.81. The van der Waals surface area contributed by atoms with E-state index in [1.807, 2.05) is 0 Å². The highest BCUT2D eigenvalue weighted by Gasteiger charge is 2.17. The van der Waals surface area contributed by atoms with E-state index in [1.165, 1.54) is 51.4 Å². The van der Waals surface area contributed by atoms with Crippen molar-refractivity contribution in [1.82, 2.24) is 5.32 Å². The van der Waals surface area contributed by atoms with Gasteiger partial charge in [-0.2, -0.15) is 0 Å². The van der Waals surface area contributed by atoms with Gasteiger partial charge in [-0.25, -0.2) is 0 Å². The van der Waals surface area contributed by atoms with E-state index in [0.29, 0.717) is 0 Å². The number of hydrogen-bond acceptors (Lipinski definition) is 1. The molecular formula is C14H29N. The van der Waals surface area contributed by atoms with Gasteiger partial charge in [0.1, 0.15) is 0 Å². The summed E-state index contributed by atoms with van der Waals surface area (Å²) >= 11 is 0. The van der Waals surface area contributed by atoms with Crippen LogP contribution in [0.5, 0.6) is 0 Å². The zero-order valence-electron chi connectivity index (χ0n) is 10.9. The molecule has 0 amide bonds. The van der Waals surface area contributed by atoms with Crippen LogP contribution in [0, 0.1) is 5.92 Å². The fourth-order valence-corrected chi connectivity index (χ4v) is 2.65. The van der Waals surface area contributed by atoms with E-state index < -0.39 is 0 Å². The molecule has 0 bridgehead atoms. The Morgan fingerprint density at radius 3 is 2.73 bits per heavy atom. The Bertz CT molecular complexity index is 155. The van der Waals surface area contributed by atoms with Gasteiger partial charge >= 0.3 is 0 Å². The average Bonchev–Trinajstić information content (AvgIpc) is 2.41. The minimum absolute atomic E-state index is 0.725. The Hall–Kier alpha value is -0.0400. The molecule has 1 aliphatic rings. The van der Waals surface area contributed by atoms with Gasteiger partial charge in [0.25, 0.3) is 0 Å². The maximum atomic E-state index is 3.81. The summed E-state index contributed by atoms with van der Waals surface area (Å²) < 4.78 is 0. The van der Waals surface area contributed by atoms with Crippen molar-refractivity contribution in [1.29, 1.82) is 0 Å². The van der Waals surface area contributed by atoms with E-state index in [2.05, 4.69) is 26.1 Å². The van der Waals surface area contributed by atoms with Crippen molar-refractivity contribution in [3.8, 4) is 0 Å². The number of nitrogens with one attached hydrogen (secondary N) is 1. The molecule has 0 aromatic heterocycles. The van der Waals surface area contributed by atoms with Crippen molar-refractivity contribution >= 4 is 0 Å². The summed E-state index contributed by atoms with van der Waals surface area (Å²) in [5.74, 6) is 0.961. The third kappa shape index (κ3) is 5.55. The summed E-state index contributed by atoms with van der Waals surface area (Å²) in [5, 5.41) is 3.81. The molecule has 0 spiro atoms. The molecule has 1 N–H and O–H groups in total. The summed E-state index contributed by atoms with van der Waals surface area (Å²) in [6.07, 6.45) is 11.2. The van der Waals surface area contributed by atoms with E-state index >= 15 is 0 Å². The summed E-state index contributed by atoms with van der Waals surface area (Å²) in [6.45, 7) is 7.03.